The van der Waals surface area contributed by atoms with Crippen LogP contribution in [0.4, 0.5) is 0 Å². The highest BCUT2D eigenvalue weighted by Gasteiger charge is 2.44. The second kappa shape index (κ2) is 10.7. The van der Waals surface area contributed by atoms with Crippen LogP contribution < -0.4 is 11.1 Å². The molecule has 1 aromatic carbocycles. The smallest absolute Gasteiger partial charge is 0.326 e. The summed E-state index contributed by atoms with van der Waals surface area (Å²) in [5.41, 5.74) is 8.12. The van der Waals surface area contributed by atoms with Crippen molar-refractivity contribution < 1.29 is 24.3 Å². The lowest BCUT2D eigenvalue weighted by molar-refractivity contribution is -0.152. The van der Waals surface area contributed by atoms with Gasteiger partial charge in [-0.05, 0) is 49.7 Å². The van der Waals surface area contributed by atoms with Gasteiger partial charge in [-0.1, -0.05) is 32.0 Å². The van der Waals surface area contributed by atoms with Gasteiger partial charge in [0, 0.05) is 30.2 Å². The van der Waals surface area contributed by atoms with Crippen LogP contribution in [0, 0.1) is 5.92 Å². The summed E-state index contributed by atoms with van der Waals surface area (Å²) >= 11 is 0. The fourth-order valence-corrected chi connectivity index (χ4v) is 5.35. The van der Waals surface area contributed by atoms with Gasteiger partial charge in [0.1, 0.15) is 18.1 Å². The molecule has 0 radical (unpaired) electrons. The van der Waals surface area contributed by atoms with Gasteiger partial charge in [0.2, 0.25) is 17.7 Å². The molecule has 4 unspecified atom stereocenters. The summed E-state index contributed by atoms with van der Waals surface area (Å²) in [4.78, 5) is 57.5. The molecule has 4 rings (SSSR count). The zero-order valence-electron chi connectivity index (χ0n) is 20.8. The first-order chi connectivity index (χ1) is 17.2. The van der Waals surface area contributed by atoms with Gasteiger partial charge >= 0.3 is 5.97 Å². The number of amides is 3. The molecule has 5 N–H and O–H groups in total. The van der Waals surface area contributed by atoms with Crippen LogP contribution in [0.1, 0.15) is 45.1 Å². The van der Waals surface area contributed by atoms with E-state index in [4.69, 9.17) is 5.73 Å². The highest BCUT2D eigenvalue weighted by molar-refractivity contribution is 5.95. The molecule has 0 bridgehead atoms. The Morgan fingerprint density at radius 2 is 1.75 bits per heavy atom. The molecule has 1 aromatic heterocycles. The number of aromatic amines is 1. The van der Waals surface area contributed by atoms with Gasteiger partial charge in [-0.3, -0.25) is 14.4 Å². The van der Waals surface area contributed by atoms with Crippen molar-refractivity contribution in [3.8, 4) is 0 Å². The fourth-order valence-electron chi connectivity index (χ4n) is 5.35. The average Bonchev–Trinajstić information content (AvgIpc) is 3.61. The number of fused-ring (bicyclic) bond motifs is 1. The van der Waals surface area contributed by atoms with Crippen molar-refractivity contribution in [3.05, 3.63) is 36.0 Å². The number of nitrogens with one attached hydrogen (secondary N) is 2. The van der Waals surface area contributed by atoms with Crippen molar-refractivity contribution in [2.75, 3.05) is 13.1 Å². The van der Waals surface area contributed by atoms with Crippen LogP contribution in [-0.4, -0.2) is 80.8 Å². The quantitative estimate of drug-likeness (QED) is 0.431. The van der Waals surface area contributed by atoms with Crippen molar-refractivity contribution in [1.29, 1.82) is 0 Å². The lowest BCUT2D eigenvalue weighted by atomic mass is 10.00. The number of nitrogens with zero attached hydrogens (tertiary/aromatic N) is 2. The summed E-state index contributed by atoms with van der Waals surface area (Å²) in [6.45, 7) is 4.44. The van der Waals surface area contributed by atoms with Crippen molar-refractivity contribution in [1.82, 2.24) is 20.1 Å². The van der Waals surface area contributed by atoms with E-state index in [1.807, 2.05) is 44.3 Å². The largest absolute Gasteiger partial charge is 0.480 e. The second-order valence-electron chi connectivity index (χ2n) is 10.1. The van der Waals surface area contributed by atoms with Crippen LogP contribution >= 0.6 is 0 Å². The van der Waals surface area contributed by atoms with Gasteiger partial charge in [0.05, 0.1) is 6.04 Å². The SMILES string of the molecule is CC(C)C(NC(=O)C(N)Cc1c[nH]c2ccccc12)C(=O)N1CCCC1C(=O)N1CCCC1C(=O)O. The van der Waals surface area contributed by atoms with Crippen molar-refractivity contribution in [2.24, 2.45) is 11.7 Å². The third-order valence-electron chi connectivity index (χ3n) is 7.32. The number of rotatable bonds is 8. The number of carboxylic acids is 1. The Morgan fingerprint density at radius 3 is 2.44 bits per heavy atom. The average molecular weight is 498 g/mol. The molecule has 2 saturated heterocycles. The van der Waals surface area contributed by atoms with Crippen LogP contribution in [-0.2, 0) is 25.6 Å². The van der Waals surface area contributed by atoms with E-state index in [1.54, 1.807) is 0 Å². The maximum Gasteiger partial charge on any atom is 0.326 e. The molecule has 10 heteroatoms. The van der Waals surface area contributed by atoms with Crippen LogP contribution in [0.5, 0.6) is 0 Å². The van der Waals surface area contributed by atoms with Gasteiger partial charge < -0.3 is 30.9 Å². The van der Waals surface area contributed by atoms with E-state index in [1.165, 1.54) is 9.80 Å². The molecule has 10 nitrogen and oxygen atoms in total. The number of hydrogen-bond donors (Lipinski definition) is 4. The minimum atomic E-state index is -1.02. The van der Waals surface area contributed by atoms with Gasteiger partial charge in [0.15, 0.2) is 0 Å². The first-order valence-corrected chi connectivity index (χ1v) is 12.6. The Balaban J connectivity index is 1.44. The van der Waals surface area contributed by atoms with Gasteiger partial charge in [-0.15, -0.1) is 0 Å². The molecule has 3 amide bonds. The molecule has 2 aliphatic heterocycles. The van der Waals surface area contributed by atoms with Crippen LogP contribution in [0.15, 0.2) is 30.5 Å². The minimum Gasteiger partial charge on any atom is -0.480 e. The van der Waals surface area contributed by atoms with Gasteiger partial charge in [-0.2, -0.15) is 0 Å². The molecule has 0 aliphatic carbocycles. The number of aliphatic carboxylic acids is 1. The molecule has 3 heterocycles. The highest BCUT2D eigenvalue weighted by Crippen LogP contribution is 2.26. The summed E-state index contributed by atoms with van der Waals surface area (Å²) in [6, 6.07) is 4.51. The third-order valence-corrected chi connectivity index (χ3v) is 7.32. The monoisotopic (exact) mass is 497 g/mol. The molecule has 2 aliphatic rings. The van der Waals surface area contributed by atoms with E-state index in [2.05, 4.69) is 10.3 Å². The number of carboxylic acid groups (broad SMARTS) is 1. The van der Waals surface area contributed by atoms with E-state index >= 15 is 0 Å². The maximum atomic E-state index is 13.6. The summed E-state index contributed by atoms with van der Waals surface area (Å²) in [6.07, 6.45) is 4.32. The molecule has 194 valence electrons. The molecule has 2 fully saturated rings. The highest BCUT2D eigenvalue weighted by atomic mass is 16.4. The molecule has 36 heavy (non-hydrogen) atoms. The normalized spacial score (nSPS) is 21.7. The number of aromatic nitrogens is 1. The summed E-state index contributed by atoms with van der Waals surface area (Å²) < 4.78 is 0. The van der Waals surface area contributed by atoms with Crippen LogP contribution in [0.2, 0.25) is 0 Å². The van der Waals surface area contributed by atoms with E-state index in [9.17, 15) is 24.3 Å². The number of para-hydroxylation sites is 1. The Morgan fingerprint density at radius 1 is 1.08 bits per heavy atom. The fraction of sp³-hybridized carbons (Fsp3) is 0.538. The first kappa shape index (κ1) is 25.7. The number of H-pyrrole nitrogens is 1. The Kier molecular flexibility index (Phi) is 7.63. The number of likely N-dealkylation sites (tertiary alicyclic amines) is 2. The van der Waals surface area contributed by atoms with E-state index < -0.39 is 36.0 Å². The van der Waals surface area contributed by atoms with Crippen molar-refractivity contribution in [2.45, 2.75) is 70.1 Å². The van der Waals surface area contributed by atoms with E-state index in [0.29, 0.717) is 45.2 Å². The first-order valence-electron chi connectivity index (χ1n) is 12.6. The van der Waals surface area contributed by atoms with Crippen LogP contribution in [0.3, 0.4) is 0 Å². The summed E-state index contributed by atoms with van der Waals surface area (Å²) in [5, 5.41) is 13.3. The Labute approximate surface area is 210 Å². The molecular formula is C26H35N5O5. The topological polar surface area (TPSA) is 149 Å². The predicted octanol–water partition coefficient (Wildman–Crippen LogP) is 1.25. The number of carbonyl (C=O) groups excluding carboxylic acids is 3. The van der Waals surface area contributed by atoms with Crippen molar-refractivity contribution >= 4 is 34.6 Å². The van der Waals surface area contributed by atoms with E-state index in [-0.39, 0.29) is 17.7 Å². The number of carbonyl (C=O) groups is 4. The zero-order valence-corrected chi connectivity index (χ0v) is 20.8. The van der Waals surface area contributed by atoms with Crippen LogP contribution in [0.25, 0.3) is 10.9 Å². The molecule has 0 saturated carbocycles. The Hall–Kier alpha value is -3.40. The number of hydrogen-bond acceptors (Lipinski definition) is 5. The lowest BCUT2D eigenvalue weighted by Crippen LogP contribution is -2.58. The Bertz CT molecular complexity index is 1140. The molecule has 0 spiro atoms. The standard InChI is InChI=1S/C26H35N5O5/c1-15(2)22(29-23(32)18(27)13-16-14-28-19-8-4-3-7-17(16)19)25(34)30-11-5-9-20(30)24(33)31-12-6-10-21(31)26(35)36/h3-4,7-8,14-15,18,20-22,28H,5-6,9-13,27H2,1-2H3,(H,29,32)(H,35,36). The van der Waals surface area contributed by atoms with Gasteiger partial charge in [0.25, 0.3) is 0 Å². The summed E-state index contributed by atoms with van der Waals surface area (Å²) in [7, 11) is 0. The molecule has 2 aromatic rings. The molecule has 4 atom stereocenters. The third kappa shape index (κ3) is 5.09. The lowest BCUT2D eigenvalue weighted by Gasteiger charge is -2.33. The summed E-state index contributed by atoms with van der Waals surface area (Å²) in [5.74, 6) is -2.33. The van der Waals surface area contributed by atoms with Gasteiger partial charge in [-0.25, -0.2) is 4.79 Å². The molecular weight excluding hydrogens is 462 g/mol. The zero-order chi connectivity index (χ0) is 26.0. The number of nitrogens with two attached hydrogens (primary N) is 1. The predicted molar refractivity (Wildman–Crippen MR) is 134 cm³/mol. The minimum absolute atomic E-state index is 0.225. The van der Waals surface area contributed by atoms with Crippen molar-refractivity contribution in [3.63, 3.8) is 0 Å². The second-order valence-corrected chi connectivity index (χ2v) is 10.1. The maximum absolute atomic E-state index is 13.6. The van der Waals surface area contributed by atoms with E-state index in [0.717, 1.165) is 16.5 Å². The number of benzene rings is 1.